The predicted molar refractivity (Wildman–Crippen MR) is 91.8 cm³/mol. The van der Waals surface area contributed by atoms with E-state index in [-0.39, 0.29) is 23.8 Å². The Balaban J connectivity index is 1.42. The average molecular weight is 327 g/mol. The molecule has 1 aromatic carbocycles. The van der Waals surface area contributed by atoms with Gasteiger partial charge in [0.25, 0.3) is 5.91 Å². The molecule has 0 bridgehead atoms. The first-order chi connectivity index (χ1) is 11.7. The maximum absolute atomic E-state index is 12.8. The third-order valence-electron chi connectivity index (χ3n) is 5.78. The van der Waals surface area contributed by atoms with Crippen molar-refractivity contribution in [3.63, 3.8) is 0 Å². The van der Waals surface area contributed by atoms with Gasteiger partial charge in [0.1, 0.15) is 0 Å². The zero-order valence-corrected chi connectivity index (χ0v) is 14.0. The summed E-state index contributed by atoms with van der Waals surface area (Å²) in [5.41, 5.74) is 2.11. The number of hydrogen-bond acceptors (Lipinski definition) is 3. The molecular weight excluding hydrogens is 302 g/mol. The fourth-order valence-corrected chi connectivity index (χ4v) is 4.35. The number of benzene rings is 1. The Morgan fingerprint density at radius 3 is 2.58 bits per heavy atom. The van der Waals surface area contributed by atoms with Crippen LogP contribution in [0, 0.1) is 5.92 Å². The largest absolute Gasteiger partial charge is 0.353 e. The van der Waals surface area contributed by atoms with E-state index < -0.39 is 0 Å². The molecule has 1 aromatic rings. The summed E-state index contributed by atoms with van der Waals surface area (Å²) in [4.78, 5) is 26.2. The van der Waals surface area contributed by atoms with Crippen LogP contribution in [-0.4, -0.2) is 48.9 Å². The van der Waals surface area contributed by atoms with Gasteiger partial charge in [-0.05, 0) is 56.0 Å². The highest BCUT2D eigenvalue weighted by Gasteiger charge is 2.38. The van der Waals surface area contributed by atoms with E-state index in [1.807, 2.05) is 17.0 Å². The van der Waals surface area contributed by atoms with E-state index in [1.165, 1.54) is 18.4 Å². The number of piperidine rings is 2. The topological polar surface area (TPSA) is 61.4 Å². The van der Waals surface area contributed by atoms with Gasteiger partial charge < -0.3 is 15.5 Å². The van der Waals surface area contributed by atoms with Crippen LogP contribution < -0.4 is 10.6 Å². The quantitative estimate of drug-likeness (QED) is 0.865. The minimum atomic E-state index is 0.102. The Labute approximate surface area is 142 Å². The van der Waals surface area contributed by atoms with Crippen molar-refractivity contribution in [3.8, 4) is 0 Å². The van der Waals surface area contributed by atoms with Gasteiger partial charge in [-0.3, -0.25) is 9.59 Å². The number of hydrogen-bond donors (Lipinski definition) is 2. The maximum Gasteiger partial charge on any atom is 0.253 e. The minimum absolute atomic E-state index is 0.102. The van der Waals surface area contributed by atoms with E-state index in [0.717, 1.165) is 31.6 Å². The van der Waals surface area contributed by atoms with Crippen LogP contribution in [0.4, 0.5) is 0 Å². The highest BCUT2D eigenvalue weighted by atomic mass is 16.2. The number of carbonyl (C=O) groups excluding carboxylic acids is 2. The van der Waals surface area contributed by atoms with Crippen LogP contribution in [0.5, 0.6) is 0 Å². The number of amides is 2. The molecule has 0 aromatic heterocycles. The zero-order chi connectivity index (χ0) is 16.5. The van der Waals surface area contributed by atoms with E-state index >= 15 is 0 Å². The molecular formula is C19H25N3O2. The summed E-state index contributed by atoms with van der Waals surface area (Å²) in [5, 5.41) is 6.41. The van der Waals surface area contributed by atoms with E-state index in [9.17, 15) is 9.59 Å². The van der Waals surface area contributed by atoms with Crippen molar-refractivity contribution in [2.24, 2.45) is 5.92 Å². The lowest BCUT2D eigenvalue weighted by Gasteiger charge is -2.34. The molecule has 5 nitrogen and oxygen atoms in total. The fraction of sp³-hybridized carbons (Fsp3) is 0.579. The Bertz CT molecular complexity index is 622. The summed E-state index contributed by atoms with van der Waals surface area (Å²) in [6.45, 7) is 3.58. The molecule has 0 saturated carbocycles. The Hall–Kier alpha value is -1.88. The van der Waals surface area contributed by atoms with Crippen molar-refractivity contribution in [2.75, 3.05) is 26.2 Å². The molecule has 4 rings (SSSR count). The first-order valence-electron chi connectivity index (χ1n) is 9.10. The van der Waals surface area contributed by atoms with Gasteiger partial charge in [0.2, 0.25) is 5.91 Å². The van der Waals surface area contributed by atoms with Gasteiger partial charge in [-0.1, -0.05) is 12.1 Å². The Morgan fingerprint density at radius 1 is 1.08 bits per heavy atom. The molecule has 3 aliphatic rings. The molecule has 3 fully saturated rings. The van der Waals surface area contributed by atoms with Crippen molar-refractivity contribution in [2.45, 2.75) is 37.6 Å². The molecule has 24 heavy (non-hydrogen) atoms. The van der Waals surface area contributed by atoms with Crippen molar-refractivity contribution >= 4 is 11.8 Å². The maximum atomic E-state index is 12.8. The van der Waals surface area contributed by atoms with Crippen LogP contribution in [0.25, 0.3) is 0 Å². The smallest absolute Gasteiger partial charge is 0.253 e. The summed E-state index contributed by atoms with van der Waals surface area (Å²) in [6, 6.07) is 8.46. The molecule has 128 valence electrons. The van der Waals surface area contributed by atoms with E-state index in [1.54, 1.807) is 0 Å². The average Bonchev–Trinajstić information content (AvgIpc) is 3.01. The molecule has 2 amide bonds. The van der Waals surface area contributed by atoms with Crippen LogP contribution in [-0.2, 0) is 4.79 Å². The van der Waals surface area contributed by atoms with Crippen molar-refractivity contribution in [1.29, 1.82) is 0 Å². The lowest BCUT2D eigenvalue weighted by molar-refractivity contribution is -0.119. The number of likely N-dealkylation sites (tertiary alicyclic amines) is 1. The second-order valence-corrected chi connectivity index (χ2v) is 7.32. The minimum Gasteiger partial charge on any atom is -0.353 e. The first kappa shape index (κ1) is 15.6. The van der Waals surface area contributed by atoms with Gasteiger partial charge in [-0.25, -0.2) is 0 Å². The lowest BCUT2D eigenvalue weighted by atomic mass is 9.89. The van der Waals surface area contributed by atoms with Gasteiger partial charge in [0.05, 0.1) is 0 Å². The first-order valence-corrected chi connectivity index (χ1v) is 9.10. The molecule has 2 N–H and O–H groups in total. The number of nitrogens with zero attached hydrogens (tertiary/aromatic N) is 1. The zero-order valence-electron chi connectivity index (χ0n) is 14.0. The summed E-state index contributed by atoms with van der Waals surface area (Å²) >= 11 is 0. The molecule has 0 unspecified atom stereocenters. The number of fused-ring (bicyclic) bond motifs is 1. The molecule has 3 heterocycles. The standard InChI is InChI=1S/C19H25N3O2/c23-18-11-16-12-22(10-7-17(16)21-18)19(24)15-3-1-13(2-4-15)14-5-8-20-9-6-14/h1-4,14,16-17,20H,5-12H2,(H,21,23)/t16-,17+/m1/s1. The third-order valence-corrected chi connectivity index (χ3v) is 5.78. The summed E-state index contributed by atoms with van der Waals surface area (Å²) in [6.07, 6.45) is 3.77. The molecule has 5 heteroatoms. The third kappa shape index (κ3) is 3.05. The molecule has 0 spiro atoms. The SMILES string of the molecule is O=C1C[C@@H]2CN(C(=O)c3ccc(C4CCNCC4)cc3)CC[C@@H]2N1. The van der Waals surface area contributed by atoms with E-state index in [2.05, 4.69) is 22.8 Å². The van der Waals surface area contributed by atoms with E-state index in [4.69, 9.17) is 0 Å². The summed E-state index contributed by atoms with van der Waals surface area (Å²) < 4.78 is 0. The van der Waals surface area contributed by atoms with Crippen molar-refractivity contribution in [1.82, 2.24) is 15.5 Å². The van der Waals surface area contributed by atoms with Crippen molar-refractivity contribution < 1.29 is 9.59 Å². The number of nitrogens with one attached hydrogen (secondary N) is 2. The van der Waals surface area contributed by atoms with Crippen LogP contribution in [0.2, 0.25) is 0 Å². The second-order valence-electron chi connectivity index (χ2n) is 7.32. The van der Waals surface area contributed by atoms with Crippen molar-refractivity contribution in [3.05, 3.63) is 35.4 Å². The normalized spacial score (nSPS) is 27.7. The highest BCUT2D eigenvalue weighted by Crippen LogP contribution is 2.28. The fourth-order valence-electron chi connectivity index (χ4n) is 4.35. The summed E-state index contributed by atoms with van der Waals surface area (Å²) in [5.74, 6) is 1.13. The van der Waals surface area contributed by atoms with Crippen LogP contribution >= 0.6 is 0 Å². The lowest BCUT2D eigenvalue weighted by Crippen LogP contribution is -2.47. The van der Waals surface area contributed by atoms with Gasteiger partial charge in [0, 0.05) is 37.0 Å². The molecule has 0 aliphatic carbocycles. The molecule has 2 atom stereocenters. The predicted octanol–water partition coefficient (Wildman–Crippen LogP) is 1.50. The van der Waals surface area contributed by atoms with Crippen LogP contribution in [0.1, 0.15) is 47.5 Å². The van der Waals surface area contributed by atoms with Crippen LogP contribution in [0.15, 0.2) is 24.3 Å². The Kier molecular flexibility index (Phi) is 4.27. The molecule has 3 aliphatic heterocycles. The monoisotopic (exact) mass is 327 g/mol. The highest BCUT2D eigenvalue weighted by molar-refractivity contribution is 5.94. The number of rotatable bonds is 2. The van der Waals surface area contributed by atoms with Gasteiger partial charge >= 0.3 is 0 Å². The second kappa shape index (κ2) is 6.55. The van der Waals surface area contributed by atoms with E-state index in [0.29, 0.717) is 18.9 Å². The molecule has 0 radical (unpaired) electrons. The summed E-state index contributed by atoms with van der Waals surface area (Å²) in [7, 11) is 0. The van der Waals surface area contributed by atoms with Gasteiger partial charge in [-0.15, -0.1) is 0 Å². The van der Waals surface area contributed by atoms with Gasteiger partial charge in [-0.2, -0.15) is 0 Å². The van der Waals surface area contributed by atoms with Gasteiger partial charge in [0.15, 0.2) is 0 Å². The molecule has 3 saturated heterocycles. The Morgan fingerprint density at radius 2 is 1.83 bits per heavy atom. The van der Waals surface area contributed by atoms with Crippen LogP contribution in [0.3, 0.4) is 0 Å². The number of carbonyl (C=O) groups is 2.